The summed E-state index contributed by atoms with van der Waals surface area (Å²) in [5, 5.41) is 5.58. The van der Waals surface area contributed by atoms with Gasteiger partial charge in [-0.05, 0) is 29.5 Å². The lowest BCUT2D eigenvalue weighted by atomic mass is 10.3. The van der Waals surface area contributed by atoms with Crippen LogP contribution < -0.4 is 5.32 Å². The van der Waals surface area contributed by atoms with Crippen LogP contribution in [0, 0.1) is 0 Å². The fourth-order valence-electron chi connectivity index (χ4n) is 1.74. The number of nitrogens with zero attached hydrogens (tertiary/aromatic N) is 1. The summed E-state index contributed by atoms with van der Waals surface area (Å²) >= 11 is 1.80. The maximum atomic E-state index is 3.46. The summed E-state index contributed by atoms with van der Waals surface area (Å²) in [6.07, 6.45) is 5.58. The summed E-state index contributed by atoms with van der Waals surface area (Å²) in [5.41, 5.74) is 1.37. The van der Waals surface area contributed by atoms with E-state index in [0.29, 0.717) is 0 Å². The summed E-state index contributed by atoms with van der Waals surface area (Å²) in [6, 6.07) is 6.45. The molecule has 2 aromatic rings. The van der Waals surface area contributed by atoms with E-state index in [1.54, 1.807) is 11.3 Å². The van der Waals surface area contributed by atoms with Crippen molar-refractivity contribution in [2.75, 3.05) is 0 Å². The summed E-state index contributed by atoms with van der Waals surface area (Å²) in [7, 11) is 0. The second-order valence-electron chi connectivity index (χ2n) is 3.94. The predicted molar refractivity (Wildman–Crippen MR) is 69.6 cm³/mol. The lowest BCUT2D eigenvalue weighted by Gasteiger charge is -2.01. The molecule has 0 amide bonds. The number of rotatable bonds is 6. The molecule has 0 saturated heterocycles. The van der Waals surface area contributed by atoms with E-state index in [2.05, 4.69) is 52.8 Å². The van der Waals surface area contributed by atoms with Gasteiger partial charge in [0.05, 0.1) is 0 Å². The van der Waals surface area contributed by atoms with Crippen LogP contribution in [0.1, 0.15) is 23.8 Å². The van der Waals surface area contributed by atoms with Crippen molar-refractivity contribution >= 4 is 11.3 Å². The van der Waals surface area contributed by atoms with E-state index in [1.807, 2.05) is 0 Å². The Hall–Kier alpha value is -1.06. The van der Waals surface area contributed by atoms with Gasteiger partial charge in [0.2, 0.25) is 0 Å². The molecular weight excluding hydrogens is 216 g/mol. The van der Waals surface area contributed by atoms with Gasteiger partial charge in [-0.1, -0.05) is 13.0 Å². The molecule has 2 nitrogen and oxygen atoms in total. The van der Waals surface area contributed by atoms with Crippen molar-refractivity contribution in [2.45, 2.75) is 33.0 Å². The van der Waals surface area contributed by atoms with Crippen LogP contribution in [0.5, 0.6) is 0 Å². The molecule has 0 bridgehead atoms. The highest BCUT2D eigenvalue weighted by atomic mass is 32.1. The number of thiophene rings is 1. The smallest absolute Gasteiger partial charge is 0.0302 e. The zero-order valence-corrected chi connectivity index (χ0v) is 10.5. The fourth-order valence-corrected chi connectivity index (χ4v) is 2.41. The van der Waals surface area contributed by atoms with Gasteiger partial charge in [-0.2, -0.15) is 0 Å². The minimum absolute atomic E-state index is 0.953. The van der Waals surface area contributed by atoms with Crippen LogP contribution in [0.2, 0.25) is 0 Å². The van der Waals surface area contributed by atoms with E-state index in [9.17, 15) is 0 Å². The quantitative estimate of drug-likeness (QED) is 0.812. The van der Waals surface area contributed by atoms with E-state index < -0.39 is 0 Å². The lowest BCUT2D eigenvalue weighted by molar-refractivity contribution is 0.670. The van der Waals surface area contributed by atoms with Crippen molar-refractivity contribution in [3.8, 4) is 0 Å². The SMILES string of the molecule is CCCn1ccc(CNCc2cccs2)c1. The van der Waals surface area contributed by atoms with Crippen LogP contribution in [0.3, 0.4) is 0 Å². The molecule has 0 aliphatic rings. The van der Waals surface area contributed by atoms with Crippen molar-refractivity contribution in [1.82, 2.24) is 9.88 Å². The Morgan fingerprint density at radius 2 is 2.25 bits per heavy atom. The van der Waals surface area contributed by atoms with E-state index in [4.69, 9.17) is 0 Å². The molecule has 16 heavy (non-hydrogen) atoms. The molecule has 1 N–H and O–H groups in total. The molecule has 0 unspecified atom stereocenters. The Morgan fingerprint density at radius 3 is 3.00 bits per heavy atom. The zero-order valence-electron chi connectivity index (χ0n) is 9.65. The minimum atomic E-state index is 0.953. The number of nitrogens with one attached hydrogen (secondary N) is 1. The molecule has 2 aromatic heterocycles. The largest absolute Gasteiger partial charge is 0.354 e. The third-order valence-electron chi connectivity index (χ3n) is 2.50. The molecule has 0 aliphatic heterocycles. The number of hydrogen-bond acceptors (Lipinski definition) is 2. The average Bonchev–Trinajstić information content (AvgIpc) is 2.90. The van der Waals surface area contributed by atoms with Crippen molar-refractivity contribution in [1.29, 1.82) is 0 Å². The van der Waals surface area contributed by atoms with E-state index in [-0.39, 0.29) is 0 Å². The molecule has 0 fully saturated rings. The van der Waals surface area contributed by atoms with Crippen molar-refractivity contribution in [2.24, 2.45) is 0 Å². The van der Waals surface area contributed by atoms with Gasteiger partial charge in [-0.25, -0.2) is 0 Å². The van der Waals surface area contributed by atoms with Crippen LogP contribution in [0.15, 0.2) is 36.0 Å². The zero-order chi connectivity index (χ0) is 11.2. The Labute approximate surface area is 101 Å². The van der Waals surface area contributed by atoms with Gasteiger partial charge in [0.15, 0.2) is 0 Å². The first-order valence-electron chi connectivity index (χ1n) is 5.76. The summed E-state index contributed by atoms with van der Waals surface area (Å²) in [4.78, 5) is 1.40. The molecule has 2 rings (SSSR count). The monoisotopic (exact) mass is 234 g/mol. The molecule has 0 aliphatic carbocycles. The van der Waals surface area contributed by atoms with Gasteiger partial charge in [0.25, 0.3) is 0 Å². The maximum absolute atomic E-state index is 3.46. The van der Waals surface area contributed by atoms with Crippen LogP contribution in [0.25, 0.3) is 0 Å². The van der Waals surface area contributed by atoms with Crippen molar-refractivity contribution < 1.29 is 0 Å². The Morgan fingerprint density at radius 1 is 1.31 bits per heavy atom. The highest BCUT2D eigenvalue weighted by molar-refractivity contribution is 7.09. The first kappa shape index (κ1) is 11.4. The summed E-state index contributed by atoms with van der Waals surface area (Å²) < 4.78 is 2.25. The van der Waals surface area contributed by atoms with E-state index in [1.165, 1.54) is 16.9 Å². The van der Waals surface area contributed by atoms with Crippen LogP contribution in [-0.4, -0.2) is 4.57 Å². The molecule has 0 radical (unpaired) electrons. The van der Waals surface area contributed by atoms with Crippen molar-refractivity contribution in [3.05, 3.63) is 46.4 Å². The second kappa shape index (κ2) is 5.87. The molecule has 0 spiro atoms. The lowest BCUT2D eigenvalue weighted by Crippen LogP contribution is -2.11. The highest BCUT2D eigenvalue weighted by Gasteiger charge is 1.97. The van der Waals surface area contributed by atoms with Crippen LogP contribution >= 0.6 is 11.3 Å². The first-order valence-corrected chi connectivity index (χ1v) is 6.64. The fraction of sp³-hybridized carbons (Fsp3) is 0.385. The Kier molecular flexibility index (Phi) is 4.19. The summed E-state index contributed by atoms with van der Waals surface area (Å²) in [6.45, 7) is 5.24. The Balaban J connectivity index is 1.76. The number of aryl methyl sites for hydroxylation is 1. The van der Waals surface area contributed by atoms with Gasteiger partial charge in [-0.15, -0.1) is 11.3 Å². The summed E-state index contributed by atoms with van der Waals surface area (Å²) in [5.74, 6) is 0. The molecular formula is C13H18N2S. The number of hydrogen-bond donors (Lipinski definition) is 1. The van der Waals surface area contributed by atoms with Gasteiger partial charge in [-0.3, -0.25) is 0 Å². The Bertz CT molecular complexity index is 403. The maximum Gasteiger partial charge on any atom is 0.0302 e. The van der Waals surface area contributed by atoms with Gasteiger partial charge >= 0.3 is 0 Å². The number of aromatic nitrogens is 1. The van der Waals surface area contributed by atoms with Gasteiger partial charge < -0.3 is 9.88 Å². The van der Waals surface area contributed by atoms with E-state index >= 15 is 0 Å². The highest BCUT2D eigenvalue weighted by Crippen LogP contribution is 2.08. The second-order valence-corrected chi connectivity index (χ2v) is 4.97. The molecule has 0 saturated carbocycles. The van der Waals surface area contributed by atoms with Crippen LogP contribution in [-0.2, 0) is 19.6 Å². The molecule has 0 atom stereocenters. The normalized spacial score (nSPS) is 10.8. The topological polar surface area (TPSA) is 17.0 Å². The molecule has 86 valence electrons. The van der Waals surface area contributed by atoms with Gasteiger partial charge in [0, 0.05) is 36.9 Å². The van der Waals surface area contributed by atoms with Gasteiger partial charge in [0.1, 0.15) is 0 Å². The first-order chi connectivity index (χ1) is 7.88. The molecule has 2 heterocycles. The van der Waals surface area contributed by atoms with E-state index in [0.717, 1.165) is 19.6 Å². The predicted octanol–water partition coefficient (Wildman–Crippen LogP) is 3.25. The molecule has 3 heteroatoms. The molecule has 0 aromatic carbocycles. The van der Waals surface area contributed by atoms with Crippen LogP contribution in [0.4, 0.5) is 0 Å². The third kappa shape index (κ3) is 3.22. The van der Waals surface area contributed by atoms with Crippen molar-refractivity contribution in [3.63, 3.8) is 0 Å². The minimum Gasteiger partial charge on any atom is -0.354 e. The average molecular weight is 234 g/mol. The standard InChI is InChI=1S/C13H18N2S/c1-2-6-15-7-5-12(11-15)9-14-10-13-4-3-8-16-13/h3-5,7-8,11,14H,2,6,9-10H2,1H3. The third-order valence-corrected chi connectivity index (χ3v) is 3.38.